The SMILES string of the molecule is Cc1ccc(-c2n/c(=N\Cl)nc(N)o2)cc1. The number of nitrogen functional groups attached to an aromatic ring is 1. The van der Waals surface area contributed by atoms with Crippen LogP contribution in [0.1, 0.15) is 5.56 Å². The summed E-state index contributed by atoms with van der Waals surface area (Å²) in [6, 6.07) is 7.61. The van der Waals surface area contributed by atoms with Gasteiger partial charge in [-0.1, -0.05) is 17.7 Å². The zero-order chi connectivity index (χ0) is 11.5. The largest absolute Gasteiger partial charge is 0.406 e. The van der Waals surface area contributed by atoms with Gasteiger partial charge in [-0.3, -0.25) is 0 Å². The Kier molecular flexibility index (Phi) is 2.87. The molecule has 0 amide bonds. The fraction of sp³-hybridized carbons (Fsp3) is 0.100. The van der Waals surface area contributed by atoms with Crippen molar-refractivity contribution in [2.75, 3.05) is 5.73 Å². The molecule has 0 radical (unpaired) electrons. The van der Waals surface area contributed by atoms with Gasteiger partial charge in [-0.05, 0) is 19.1 Å². The van der Waals surface area contributed by atoms with Crippen molar-refractivity contribution in [3.63, 3.8) is 0 Å². The number of aromatic nitrogens is 2. The van der Waals surface area contributed by atoms with Crippen molar-refractivity contribution in [3.8, 4) is 11.5 Å². The van der Waals surface area contributed by atoms with E-state index in [1.54, 1.807) is 0 Å². The summed E-state index contributed by atoms with van der Waals surface area (Å²) in [6.07, 6.45) is 0. The Bertz CT molecular complexity index is 562. The zero-order valence-corrected chi connectivity index (χ0v) is 9.27. The Morgan fingerprint density at radius 2 is 1.94 bits per heavy atom. The average Bonchev–Trinajstić information content (AvgIpc) is 2.29. The van der Waals surface area contributed by atoms with Gasteiger partial charge in [0.1, 0.15) is 0 Å². The number of benzene rings is 1. The predicted molar refractivity (Wildman–Crippen MR) is 60.3 cm³/mol. The molecule has 0 aliphatic carbocycles. The van der Waals surface area contributed by atoms with E-state index in [0.29, 0.717) is 5.89 Å². The van der Waals surface area contributed by atoms with Gasteiger partial charge in [0.2, 0.25) is 5.89 Å². The highest BCUT2D eigenvalue weighted by atomic mass is 35.5. The average molecular weight is 237 g/mol. The topological polar surface area (TPSA) is 77.3 Å². The number of hydrogen-bond acceptors (Lipinski definition) is 5. The predicted octanol–water partition coefficient (Wildman–Crippen LogP) is 1.68. The first-order chi connectivity index (χ1) is 7.69. The summed E-state index contributed by atoms with van der Waals surface area (Å²) in [7, 11) is 0. The van der Waals surface area contributed by atoms with E-state index < -0.39 is 0 Å². The van der Waals surface area contributed by atoms with Crippen LogP contribution < -0.4 is 11.4 Å². The molecule has 1 aromatic carbocycles. The highest BCUT2D eigenvalue weighted by Crippen LogP contribution is 2.16. The molecule has 0 unspecified atom stereocenters. The van der Waals surface area contributed by atoms with E-state index in [1.165, 1.54) is 0 Å². The third kappa shape index (κ3) is 2.20. The van der Waals surface area contributed by atoms with Crippen LogP contribution in [0.4, 0.5) is 6.01 Å². The van der Waals surface area contributed by atoms with E-state index in [0.717, 1.165) is 11.1 Å². The van der Waals surface area contributed by atoms with Crippen molar-refractivity contribution in [1.82, 2.24) is 9.97 Å². The molecule has 2 N–H and O–H groups in total. The van der Waals surface area contributed by atoms with Crippen molar-refractivity contribution in [1.29, 1.82) is 0 Å². The molecule has 0 fully saturated rings. The Balaban J connectivity index is 2.56. The lowest BCUT2D eigenvalue weighted by Gasteiger charge is -2.00. The van der Waals surface area contributed by atoms with Gasteiger partial charge in [-0.15, -0.1) is 4.51 Å². The fourth-order valence-corrected chi connectivity index (χ4v) is 1.29. The van der Waals surface area contributed by atoms with Crippen LogP contribution in [-0.2, 0) is 0 Å². The minimum atomic E-state index is -0.0232. The molecule has 2 aromatic rings. The van der Waals surface area contributed by atoms with Gasteiger partial charge in [0.25, 0.3) is 11.6 Å². The first kappa shape index (κ1) is 10.6. The maximum absolute atomic E-state index is 5.47. The maximum atomic E-state index is 5.47. The quantitative estimate of drug-likeness (QED) is 0.817. The summed E-state index contributed by atoms with van der Waals surface area (Å²) in [5.41, 5.74) is 7.49. The van der Waals surface area contributed by atoms with Gasteiger partial charge in [0, 0.05) is 17.3 Å². The lowest BCUT2D eigenvalue weighted by atomic mass is 10.1. The molecule has 82 valence electrons. The van der Waals surface area contributed by atoms with Crippen molar-refractivity contribution >= 4 is 17.8 Å². The number of anilines is 1. The molecule has 0 saturated carbocycles. The molecule has 0 bridgehead atoms. The van der Waals surface area contributed by atoms with Gasteiger partial charge in [-0.25, -0.2) is 0 Å². The van der Waals surface area contributed by atoms with Crippen molar-refractivity contribution in [2.24, 2.45) is 4.51 Å². The summed E-state index contributed by atoms with van der Waals surface area (Å²) in [5.74, 6) is 0.340. The molecule has 0 aliphatic heterocycles. The third-order valence-corrected chi connectivity index (χ3v) is 2.14. The highest BCUT2D eigenvalue weighted by molar-refractivity contribution is 6.14. The van der Waals surface area contributed by atoms with Crippen LogP contribution in [0.15, 0.2) is 33.2 Å². The van der Waals surface area contributed by atoms with Gasteiger partial charge in [-0.2, -0.15) is 9.97 Å². The summed E-state index contributed by atoms with van der Waals surface area (Å²) >= 11 is 5.29. The van der Waals surface area contributed by atoms with Crippen LogP contribution in [-0.4, -0.2) is 9.97 Å². The molecule has 0 aliphatic rings. The number of hydrogen-bond donors (Lipinski definition) is 1. The minimum absolute atomic E-state index is 0.0232. The second kappa shape index (κ2) is 4.32. The first-order valence-corrected chi connectivity index (χ1v) is 4.89. The number of nitrogens with zero attached hydrogens (tertiary/aromatic N) is 3. The normalized spacial score (nSPS) is 11.8. The Hall–Kier alpha value is -1.88. The molecular weight excluding hydrogens is 228 g/mol. The van der Waals surface area contributed by atoms with E-state index >= 15 is 0 Å². The van der Waals surface area contributed by atoms with Gasteiger partial charge in [0.15, 0.2) is 0 Å². The first-order valence-electron chi connectivity index (χ1n) is 4.56. The molecule has 0 atom stereocenters. The molecule has 0 saturated heterocycles. The van der Waals surface area contributed by atoms with Gasteiger partial charge in [0.05, 0.1) is 0 Å². The van der Waals surface area contributed by atoms with E-state index in [1.807, 2.05) is 31.2 Å². The second-order valence-corrected chi connectivity index (χ2v) is 3.39. The monoisotopic (exact) mass is 236 g/mol. The van der Waals surface area contributed by atoms with E-state index in [-0.39, 0.29) is 11.6 Å². The number of rotatable bonds is 1. The van der Waals surface area contributed by atoms with Crippen LogP contribution in [0.2, 0.25) is 0 Å². The van der Waals surface area contributed by atoms with Crippen molar-refractivity contribution in [3.05, 3.63) is 35.4 Å². The Morgan fingerprint density at radius 3 is 2.56 bits per heavy atom. The molecule has 1 aromatic heterocycles. The Morgan fingerprint density at radius 1 is 1.25 bits per heavy atom. The van der Waals surface area contributed by atoms with E-state index in [4.69, 9.17) is 21.9 Å². The lowest BCUT2D eigenvalue weighted by molar-refractivity contribution is 0.536. The number of halogens is 1. The second-order valence-electron chi connectivity index (χ2n) is 3.22. The Labute approximate surface area is 96.7 Å². The van der Waals surface area contributed by atoms with Crippen LogP contribution in [0.5, 0.6) is 0 Å². The lowest BCUT2D eigenvalue weighted by Crippen LogP contribution is -2.14. The number of nitrogens with two attached hydrogens (primary N) is 1. The van der Waals surface area contributed by atoms with Gasteiger partial charge >= 0.3 is 0 Å². The van der Waals surface area contributed by atoms with Crippen LogP contribution in [0, 0.1) is 6.92 Å². The molecule has 6 heteroatoms. The molecule has 2 rings (SSSR count). The van der Waals surface area contributed by atoms with E-state index in [2.05, 4.69) is 14.5 Å². The smallest absolute Gasteiger partial charge is 0.297 e. The zero-order valence-electron chi connectivity index (χ0n) is 8.51. The van der Waals surface area contributed by atoms with Crippen LogP contribution in [0.3, 0.4) is 0 Å². The summed E-state index contributed by atoms with van der Waals surface area (Å²) in [6.45, 7) is 1.99. The van der Waals surface area contributed by atoms with Crippen LogP contribution in [0.25, 0.3) is 11.5 Å². The molecule has 5 nitrogen and oxygen atoms in total. The summed E-state index contributed by atoms with van der Waals surface area (Å²) < 4.78 is 8.53. The molecule has 0 spiro atoms. The highest BCUT2D eigenvalue weighted by Gasteiger charge is 2.04. The maximum Gasteiger partial charge on any atom is 0.297 e. The summed E-state index contributed by atoms with van der Waals surface area (Å²) in [4.78, 5) is 7.69. The molecule has 1 heterocycles. The fourth-order valence-electron chi connectivity index (χ4n) is 1.22. The number of aryl methyl sites for hydroxylation is 1. The van der Waals surface area contributed by atoms with Crippen molar-refractivity contribution in [2.45, 2.75) is 6.92 Å². The molecule has 16 heavy (non-hydrogen) atoms. The van der Waals surface area contributed by atoms with E-state index in [9.17, 15) is 0 Å². The third-order valence-electron chi connectivity index (χ3n) is 1.99. The minimum Gasteiger partial charge on any atom is -0.406 e. The van der Waals surface area contributed by atoms with Crippen molar-refractivity contribution < 1.29 is 4.42 Å². The molecular formula is C10H9ClN4O. The standard InChI is InChI=1S/C10H9ClN4O/c1-6-2-4-7(5-3-6)8-13-10(15-11)14-9(12)16-8/h2-5H,1H3,(H2,12,14,15). The summed E-state index contributed by atoms with van der Waals surface area (Å²) in [5, 5.41) is 0. The van der Waals surface area contributed by atoms with Crippen LogP contribution >= 0.6 is 11.8 Å². The van der Waals surface area contributed by atoms with Gasteiger partial charge < -0.3 is 10.2 Å².